The maximum absolute atomic E-state index is 15.7. The van der Waals surface area contributed by atoms with Crippen molar-refractivity contribution in [1.29, 1.82) is 0 Å². The Labute approximate surface area is 210 Å². The molecule has 0 amide bonds. The number of hydrogen-bond acceptors (Lipinski definition) is 6. The maximum Gasteiger partial charge on any atom is 0.573 e. The van der Waals surface area contributed by atoms with E-state index in [0.29, 0.717) is 5.56 Å². The number of aliphatic imine (C=N–C) groups is 1. The molecule has 0 saturated carbocycles. The average molecular weight is 543 g/mol. The molecule has 1 heterocycles. The molecule has 0 aromatic heterocycles. The van der Waals surface area contributed by atoms with Gasteiger partial charge in [-0.15, -0.1) is 13.2 Å². The number of para-hydroxylation sites is 1. The van der Waals surface area contributed by atoms with E-state index in [-0.39, 0.29) is 16.5 Å². The fraction of sp³-hybridized carbons (Fsp3) is 0.320. The standard InChI is InChI=1S/C25H23F5N2O4S/c1-3-37(34,35)15-10-8-14(9-11-15)17(13-33)23-31-22-21(27)20(18(26)12-24(22,2)32-23)16-6-4-5-7-19(16)36-25(28,29)30/h4-12,17,22,33H,3,13H2,1-2H3,(H,31,32). The third-order valence-electron chi connectivity index (χ3n) is 6.29. The topological polar surface area (TPSA) is 88.0 Å². The Morgan fingerprint density at radius 3 is 2.38 bits per heavy atom. The fourth-order valence-electron chi connectivity index (χ4n) is 4.42. The van der Waals surface area contributed by atoms with Gasteiger partial charge < -0.3 is 15.2 Å². The number of hydrogen-bond donors (Lipinski definition) is 2. The number of nitrogens with one attached hydrogen (secondary N) is 1. The van der Waals surface area contributed by atoms with Crippen LogP contribution in [0.15, 0.2) is 76.1 Å². The molecule has 0 fully saturated rings. The lowest BCUT2D eigenvalue weighted by molar-refractivity contribution is -0.274. The maximum atomic E-state index is 15.7. The van der Waals surface area contributed by atoms with Crippen molar-refractivity contribution in [2.24, 2.45) is 4.99 Å². The molecule has 2 aromatic rings. The summed E-state index contributed by atoms with van der Waals surface area (Å²) in [6, 6.07) is 9.06. The summed E-state index contributed by atoms with van der Waals surface area (Å²) in [5.41, 5.74) is -2.07. The van der Waals surface area contributed by atoms with Gasteiger partial charge in [-0.25, -0.2) is 17.2 Å². The molecule has 0 spiro atoms. The molecular weight excluding hydrogens is 519 g/mol. The molecule has 3 atom stereocenters. The first-order valence-corrected chi connectivity index (χ1v) is 12.9. The Bertz CT molecular complexity index is 1400. The third kappa shape index (κ3) is 5.12. The van der Waals surface area contributed by atoms with Crippen LogP contribution in [0.3, 0.4) is 0 Å². The Balaban J connectivity index is 1.73. The van der Waals surface area contributed by atoms with Gasteiger partial charge in [0.25, 0.3) is 0 Å². The summed E-state index contributed by atoms with van der Waals surface area (Å²) >= 11 is 0. The highest BCUT2D eigenvalue weighted by Gasteiger charge is 2.48. The number of sulfone groups is 1. The van der Waals surface area contributed by atoms with Crippen molar-refractivity contribution < 1.29 is 40.2 Å². The lowest BCUT2D eigenvalue weighted by atomic mass is 9.83. The summed E-state index contributed by atoms with van der Waals surface area (Å²) in [7, 11) is -3.45. The summed E-state index contributed by atoms with van der Waals surface area (Å²) < 4.78 is 97.8. The predicted molar refractivity (Wildman–Crippen MR) is 127 cm³/mol. The van der Waals surface area contributed by atoms with Gasteiger partial charge >= 0.3 is 6.36 Å². The molecule has 1 aliphatic heterocycles. The van der Waals surface area contributed by atoms with Gasteiger partial charge in [-0.3, -0.25) is 4.99 Å². The molecule has 0 bridgehead atoms. The van der Waals surface area contributed by atoms with E-state index in [0.717, 1.165) is 18.2 Å². The molecule has 3 unspecified atom stereocenters. The van der Waals surface area contributed by atoms with Gasteiger partial charge in [0.1, 0.15) is 29.3 Å². The van der Waals surface area contributed by atoms with Gasteiger partial charge in [-0.1, -0.05) is 37.3 Å². The lowest BCUT2D eigenvalue weighted by Gasteiger charge is -2.32. The molecule has 4 rings (SSSR count). The summed E-state index contributed by atoms with van der Waals surface area (Å²) in [6.45, 7) is 2.49. The van der Waals surface area contributed by atoms with Crippen molar-refractivity contribution in [3.63, 3.8) is 0 Å². The summed E-state index contributed by atoms with van der Waals surface area (Å²) in [6.07, 6.45) is -4.04. The predicted octanol–water partition coefficient (Wildman–Crippen LogP) is 4.83. The minimum absolute atomic E-state index is 0.0902. The van der Waals surface area contributed by atoms with Crippen molar-refractivity contribution in [2.45, 2.75) is 42.6 Å². The van der Waals surface area contributed by atoms with Crippen LogP contribution in [0, 0.1) is 0 Å². The van der Waals surface area contributed by atoms with E-state index in [1.54, 1.807) is 0 Å². The van der Waals surface area contributed by atoms with Crippen molar-refractivity contribution in [3.8, 4) is 5.75 Å². The number of nitrogens with zero attached hydrogens (tertiary/aromatic N) is 1. The molecule has 2 aliphatic rings. The normalized spacial score (nSPS) is 22.6. The van der Waals surface area contributed by atoms with Crippen LogP contribution >= 0.6 is 0 Å². The quantitative estimate of drug-likeness (QED) is 0.490. The zero-order chi connectivity index (χ0) is 27.2. The zero-order valence-corrected chi connectivity index (χ0v) is 20.5. The first-order chi connectivity index (χ1) is 17.3. The van der Waals surface area contributed by atoms with Crippen molar-refractivity contribution >= 4 is 21.2 Å². The summed E-state index contributed by atoms with van der Waals surface area (Å²) in [5, 5.41) is 13.0. The molecule has 1 aliphatic carbocycles. The van der Waals surface area contributed by atoms with Gasteiger partial charge in [0.15, 0.2) is 9.84 Å². The molecule has 0 saturated heterocycles. The lowest BCUT2D eigenvalue weighted by Crippen LogP contribution is -2.49. The van der Waals surface area contributed by atoms with Crippen LogP contribution in [-0.2, 0) is 9.84 Å². The molecular formula is C25H23F5N2O4S. The highest BCUT2D eigenvalue weighted by molar-refractivity contribution is 7.91. The van der Waals surface area contributed by atoms with Crippen LogP contribution in [0.2, 0.25) is 0 Å². The third-order valence-corrected chi connectivity index (χ3v) is 8.04. The summed E-state index contributed by atoms with van der Waals surface area (Å²) in [4.78, 5) is 4.43. The molecule has 2 aromatic carbocycles. The van der Waals surface area contributed by atoms with E-state index in [4.69, 9.17) is 0 Å². The van der Waals surface area contributed by atoms with Gasteiger partial charge in [-0.2, -0.15) is 0 Å². The highest BCUT2D eigenvalue weighted by Crippen LogP contribution is 2.46. The van der Waals surface area contributed by atoms with Crippen LogP contribution < -0.4 is 10.1 Å². The minimum atomic E-state index is -5.07. The van der Waals surface area contributed by atoms with Crippen LogP contribution in [0.4, 0.5) is 22.0 Å². The van der Waals surface area contributed by atoms with E-state index in [9.17, 15) is 26.7 Å². The Morgan fingerprint density at radius 1 is 1.14 bits per heavy atom. The number of halogens is 5. The number of ether oxygens (including phenoxy) is 1. The second kappa shape index (κ2) is 9.56. The Kier molecular flexibility index (Phi) is 6.93. The molecule has 6 nitrogen and oxygen atoms in total. The number of aliphatic hydroxyl groups excluding tert-OH is 1. The zero-order valence-electron chi connectivity index (χ0n) is 19.7. The number of aliphatic hydroxyl groups is 1. The largest absolute Gasteiger partial charge is 0.573 e. The number of alkyl halides is 3. The Morgan fingerprint density at radius 2 is 1.78 bits per heavy atom. The van der Waals surface area contributed by atoms with Crippen LogP contribution in [0.25, 0.3) is 5.57 Å². The molecule has 37 heavy (non-hydrogen) atoms. The summed E-state index contributed by atoms with van der Waals surface area (Å²) in [5.74, 6) is -3.78. The smallest absolute Gasteiger partial charge is 0.405 e. The monoisotopic (exact) mass is 542 g/mol. The SMILES string of the molecule is CCS(=O)(=O)c1ccc(C(CO)C2=NC3C(F)=C(c4ccccc4OC(F)(F)F)C(F)=CC3(C)N2)cc1. The van der Waals surface area contributed by atoms with Gasteiger partial charge in [-0.05, 0) is 36.8 Å². The van der Waals surface area contributed by atoms with E-state index in [2.05, 4.69) is 15.0 Å². The van der Waals surface area contributed by atoms with Gasteiger partial charge in [0.2, 0.25) is 0 Å². The van der Waals surface area contributed by atoms with Gasteiger partial charge in [0.05, 0.1) is 34.3 Å². The van der Waals surface area contributed by atoms with Crippen molar-refractivity contribution in [1.82, 2.24) is 5.32 Å². The second-order valence-corrected chi connectivity index (χ2v) is 11.1. The van der Waals surface area contributed by atoms with Crippen molar-refractivity contribution in [2.75, 3.05) is 12.4 Å². The van der Waals surface area contributed by atoms with E-state index < -0.39 is 68.8 Å². The molecule has 2 N–H and O–H groups in total. The van der Waals surface area contributed by atoms with Crippen molar-refractivity contribution in [3.05, 3.63) is 77.4 Å². The number of fused-ring (bicyclic) bond motifs is 1. The van der Waals surface area contributed by atoms with Crippen LogP contribution in [0.1, 0.15) is 30.9 Å². The van der Waals surface area contributed by atoms with Gasteiger partial charge in [0, 0.05) is 5.56 Å². The van der Waals surface area contributed by atoms with Crippen LogP contribution in [-0.4, -0.2) is 49.7 Å². The highest BCUT2D eigenvalue weighted by atomic mass is 32.2. The second-order valence-electron chi connectivity index (χ2n) is 8.79. The van der Waals surface area contributed by atoms with E-state index >= 15 is 8.78 Å². The first kappa shape index (κ1) is 26.8. The first-order valence-electron chi connectivity index (χ1n) is 11.2. The molecule has 12 heteroatoms. The molecule has 198 valence electrons. The number of allylic oxidation sites excluding steroid dienone is 2. The van der Waals surface area contributed by atoms with Crippen LogP contribution in [0.5, 0.6) is 5.75 Å². The minimum Gasteiger partial charge on any atom is -0.405 e. The van der Waals surface area contributed by atoms with E-state index in [1.165, 1.54) is 50.2 Å². The van der Waals surface area contributed by atoms with E-state index in [1.807, 2.05) is 0 Å². The Hall–Kier alpha value is -3.25. The fourth-order valence-corrected chi connectivity index (χ4v) is 5.30. The number of benzene rings is 2. The number of amidine groups is 1. The molecule has 0 radical (unpaired) electrons. The average Bonchev–Trinajstić information content (AvgIpc) is 3.17. The number of rotatable bonds is 7.